The molecule has 1 aliphatic heterocycles. The van der Waals surface area contributed by atoms with Gasteiger partial charge in [-0.25, -0.2) is 4.98 Å². The number of anilines is 1. The van der Waals surface area contributed by atoms with Crippen molar-refractivity contribution in [2.75, 3.05) is 18.8 Å². The zero-order valence-electron chi connectivity index (χ0n) is 19.0. The van der Waals surface area contributed by atoms with Gasteiger partial charge in [-0.1, -0.05) is 41.2 Å². The molecule has 1 aliphatic carbocycles. The lowest BCUT2D eigenvalue weighted by molar-refractivity contribution is 0.0690. The molecule has 8 nitrogen and oxygen atoms in total. The van der Waals surface area contributed by atoms with Crippen molar-refractivity contribution < 1.29 is 9.59 Å². The van der Waals surface area contributed by atoms with Crippen molar-refractivity contribution in [3.05, 3.63) is 53.0 Å². The fraction of sp³-hybridized carbons (Fsp3) is 0.417. The summed E-state index contributed by atoms with van der Waals surface area (Å²) < 4.78 is 1.70. The van der Waals surface area contributed by atoms with Crippen LogP contribution in [0.3, 0.4) is 0 Å². The van der Waals surface area contributed by atoms with Gasteiger partial charge in [0.25, 0.3) is 11.8 Å². The molecule has 0 unspecified atom stereocenters. The number of thiazole rings is 1. The second kappa shape index (κ2) is 8.30. The number of piperidine rings is 1. The third kappa shape index (κ3) is 4.01. The summed E-state index contributed by atoms with van der Waals surface area (Å²) in [6, 6.07) is 9.77. The number of carbonyl (C=O) groups is 2. The molecule has 2 amide bonds. The highest BCUT2D eigenvalue weighted by Crippen LogP contribution is 2.50. The van der Waals surface area contributed by atoms with Crippen LogP contribution in [0.1, 0.15) is 45.6 Å². The number of nitrogens with zero attached hydrogens (tertiary/aromatic N) is 4. The van der Waals surface area contributed by atoms with Gasteiger partial charge in [0.05, 0.1) is 16.6 Å². The topological polar surface area (TPSA) is 106 Å². The summed E-state index contributed by atoms with van der Waals surface area (Å²) in [5, 5.41) is 7.78. The zero-order chi connectivity index (χ0) is 23.3. The predicted octanol–water partition coefficient (Wildman–Crippen LogP) is 3.12. The molecule has 1 saturated carbocycles. The Morgan fingerprint density at radius 1 is 1.27 bits per heavy atom. The molecule has 0 spiro atoms. The van der Waals surface area contributed by atoms with Gasteiger partial charge in [-0.05, 0) is 50.7 Å². The zero-order valence-corrected chi connectivity index (χ0v) is 19.9. The largest absolute Gasteiger partial charge is 0.375 e. The molecule has 0 radical (unpaired) electrons. The number of rotatable bonds is 6. The van der Waals surface area contributed by atoms with Crippen molar-refractivity contribution in [1.82, 2.24) is 25.0 Å². The minimum absolute atomic E-state index is 0.0428. The molecule has 2 aliphatic rings. The van der Waals surface area contributed by atoms with E-state index in [1.54, 1.807) is 10.7 Å². The van der Waals surface area contributed by atoms with E-state index in [2.05, 4.69) is 15.4 Å². The van der Waals surface area contributed by atoms with Gasteiger partial charge >= 0.3 is 0 Å². The standard InChI is InChI=1S/C24H28N6O2S/c1-4-30-18(9-14(3)28-30)22(31)26-11-19-17-10-16(17)12-29(19)23(32)20-21(33-24(25)27-20)15-7-5-6-13(2)8-15/h5-9,16-17,19H,4,10-12H2,1-3H3,(H2,25,27)(H,26,31)/t16-,17-,19+/m0/s1. The van der Waals surface area contributed by atoms with E-state index in [0.29, 0.717) is 48.0 Å². The SMILES string of the molecule is CCn1nc(C)cc1C(=O)NC[C@@H]1[C@H]2C[C@H]2CN1C(=O)c1nc(N)sc1-c1cccc(C)c1. The Kier molecular flexibility index (Phi) is 5.44. The number of benzene rings is 1. The van der Waals surface area contributed by atoms with Crippen molar-refractivity contribution in [1.29, 1.82) is 0 Å². The molecule has 172 valence electrons. The molecular weight excluding hydrogens is 436 g/mol. The molecule has 2 aromatic heterocycles. The number of nitrogens with two attached hydrogens (primary N) is 1. The van der Waals surface area contributed by atoms with E-state index in [0.717, 1.165) is 28.1 Å². The van der Waals surface area contributed by atoms with Gasteiger partial charge in [-0.15, -0.1) is 0 Å². The van der Waals surface area contributed by atoms with Crippen LogP contribution in [-0.4, -0.2) is 50.6 Å². The Morgan fingerprint density at radius 3 is 2.85 bits per heavy atom. The molecule has 0 bridgehead atoms. The number of hydrogen-bond acceptors (Lipinski definition) is 6. The van der Waals surface area contributed by atoms with E-state index in [-0.39, 0.29) is 17.9 Å². The number of amides is 2. The number of likely N-dealkylation sites (tertiary alicyclic amines) is 1. The molecule has 9 heteroatoms. The third-order valence-electron chi connectivity index (χ3n) is 6.60. The van der Waals surface area contributed by atoms with Crippen molar-refractivity contribution in [2.24, 2.45) is 11.8 Å². The summed E-state index contributed by atoms with van der Waals surface area (Å²) in [4.78, 5) is 33.5. The van der Waals surface area contributed by atoms with Crippen LogP contribution in [-0.2, 0) is 6.54 Å². The number of fused-ring (bicyclic) bond motifs is 1. The average Bonchev–Trinajstić information content (AvgIpc) is 3.11. The van der Waals surface area contributed by atoms with E-state index < -0.39 is 0 Å². The monoisotopic (exact) mass is 464 g/mol. The van der Waals surface area contributed by atoms with Crippen LogP contribution in [0.25, 0.3) is 10.4 Å². The molecule has 3 N–H and O–H groups in total. The van der Waals surface area contributed by atoms with Crippen LogP contribution in [0, 0.1) is 25.7 Å². The van der Waals surface area contributed by atoms with Gasteiger partial charge in [0.2, 0.25) is 0 Å². The number of aryl methyl sites for hydroxylation is 3. The van der Waals surface area contributed by atoms with Gasteiger partial charge in [0, 0.05) is 19.6 Å². The first-order chi connectivity index (χ1) is 15.9. The number of hydrogen-bond donors (Lipinski definition) is 2. The van der Waals surface area contributed by atoms with Crippen molar-refractivity contribution in [2.45, 2.75) is 39.8 Å². The molecule has 1 saturated heterocycles. The predicted molar refractivity (Wildman–Crippen MR) is 128 cm³/mol. The normalized spacial score (nSPS) is 21.2. The molecule has 1 aromatic carbocycles. The Labute approximate surface area is 196 Å². The molecule has 3 heterocycles. The summed E-state index contributed by atoms with van der Waals surface area (Å²) in [5.41, 5.74) is 9.85. The van der Waals surface area contributed by atoms with Gasteiger partial charge in [-0.3, -0.25) is 14.3 Å². The number of carbonyl (C=O) groups excluding carboxylic acids is 2. The van der Waals surface area contributed by atoms with Crippen LogP contribution >= 0.6 is 11.3 Å². The maximum atomic E-state index is 13.6. The van der Waals surface area contributed by atoms with Crippen LogP contribution < -0.4 is 11.1 Å². The second-order valence-corrected chi connectivity index (χ2v) is 10.0. The summed E-state index contributed by atoms with van der Waals surface area (Å²) in [6.07, 6.45) is 1.10. The highest BCUT2D eigenvalue weighted by atomic mass is 32.1. The molecule has 3 aromatic rings. The van der Waals surface area contributed by atoms with Crippen LogP contribution in [0.2, 0.25) is 0 Å². The lowest BCUT2D eigenvalue weighted by atomic mass is 10.1. The number of nitrogens with one attached hydrogen (secondary N) is 1. The molecular formula is C24H28N6O2S. The molecule has 5 rings (SSSR count). The second-order valence-electron chi connectivity index (χ2n) is 8.98. The lowest BCUT2D eigenvalue weighted by Gasteiger charge is -2.27. The molecule has 2 fully saturated rings. The summed E-state index contributed by atoms with van der Waals surface area (Å²) >= 11 is 1.34. The van der Waals surface area contributed by atoms with Gasteiger partial charge in [-0.2, -0.15) is 5.10 Å². The Morgan fingerprint density at radius 2 is 2.09 bits per heavy atom. The fourth-order valence-electron chi connectivity index (χ4n) is 4.92. The van der Waals surface area contributed by atoms with Gasteiger partial charge in [0.1, 0.15) is 11.4 Å². The average molecular weight is 465 g/mol. The first-order valence-electron chi connectivity index (χ1n) is 11.3. The van der Waals surface area contributed by atoms with Gasteiger partial charge in [0.15, 0.2) is 5.13 Å². The quantitative estimate of drug-likeness (QED) is 0.583. The maximum absolute atomic E-state index is 13.6. The summed E-state index contributed by atoms with van der Waals surface area (Å²) in [7, 11) is 0. The first kappa shape index (κ1) is 21.6. The Balaban J connectivity index is 1.36. The molecule has 33 heavy (non-hydrogen) atoms. The lowest BCUT2D eigenvalue weighted by Crippen LogP contribution is -2.46. The van der Waals surface area contributed by atoms with Crippen molar-refractivity contribution >= 4 is 28.3 Å². The smallest absolute Gasteiger partial charge is 0.274 e. The minimum atomic E-state index is -0.160. The van der Waals surface area contributed by atoms with Gasteiger partial charge < -0.3 is 16.0 Å². The van der Waals surface area contributed by atoms with E-state index in [1.807, 2.05) is 49.9 Å². The summed E-state index contributed by atoms with van der Waals surface area (Å²) in [5.74, 6) is 0.649. The van der Waals surface area contributed by atoms with E-state index in [4.69, 9.17) is 5.73 Å². The first-order valence-corrected chi connectivity index (χ1v) is 12.1. The van der Waals surface area contributed by atoms with Crippen molar-refractivity contribution in [3.63, 3.8) is 0 Å². The minimum Gasteiger partial charge on any atom is -0.375 e. The highest BCUT2D eigenvalue weighted by Gasteiger charge is 2.54. The van der Waals surface area contributed by atoms with E-state index in [9.17, 15) is 9.59 Å². The number of aromatic nitrogens is 3. The Bertz CT molecular complexity index is 1230. The third-order valence-corrected chi connectivity index (χ3v) is 7.53. The fourth-order valence-corrected chi connectivity index (χ4v) is 5.74. The Hall–Kier alpha value is -3.20. The maximum Gasteiger partial charge on any atom is 0.274 e. The number of nitrogen functional groups attached to an aromatic ring is 1. The van der Waals surface area contributed by atoms with Crippen LogP contribution in [0.15, 0.2) is 30.3 Å². The van der Waals surface area contributed by atoms with E-state index >= 15 is 0 Å². The molecule has 3 atom stereocenters. The van der Waals surface area contributed by atoms with Crippen LogP contribution in [0.5, 0.6) is 0 Å². The van der Waals surface area contributed by atoms with Crippen LogP contribution in [0.4, 0.5) is 5.13 Å². The van der Waals surface area contributed by atoms with E-state index in [1.165, 1.54) is 11.3 Å². The van der Waals surface area contributed by atoms with Crippen molar-refractivity contribution in [3.8, 4) is 10.4 Å². The summed E-state index contributed by atoms with van der Waals surface area (Å²) in [6.45, 7) is 7.59. The highest BCUT2D eigenvalue weighted by molar-refractivity contribution is 7.19.